The van der Waals surface area contributed by atoms with E-state index in [0.29, 0.717) is 16.5 Å². The van der Waals surface area contributed by atoms with Gasteiger partial charge in [-0.05, 0) is 35.4 Å². The van der Waals surface area contributed by atoms with Crippen LogP contribution in [0.1, 0.15) is 0 Å². The molecule has 3 aromatic rings. The van der Waals surface area contributed by atoms with Crippen LogP contribution in [-0.4, -0.2) is 30.2 Å². The van der Waals surface area contributed by atoms with E-state index in [1.807, 2.05) is 0 Å². The number of alkyl halides is 3. The maximum Gasteiger partial charge on any atom is 0.405 e. The van der Waals surface area contributed by atoms with Crippen LogP contribution in [0, 0.1) is 10.1 Å². The van der Waals surface area contributed by atoms with E-state index in [1.165, 1.54) is 48.5 Å². The second-order valence-electron chi connectivity index (χ2n) is 6.12. The molecule has 1 amide bonds. The van der Waals surface area contributed by atoms with Crippen LogP contribution in [0.15, 0.2) is 57.7 Å². The zero-order valence-electron chi connectivity index (χ0n) is 15.1. The maximum atomic E-state index is 12.1. The summed E-state index contributed by atoms with van der Waals surface area (Å²) in [5.74, 6) is -0.859. The Balaban J connectivity index is 1.83. The highest BCUT2D eigenvalue weighted by Gasteiger charge is 2.27. The van der Waals surface area contributed by atoms with Crippen LogP contribution >= 0.6 is 0 Å². The van der Waals surface area contributed by atoms with Gasteiger partial charge in [0.05, 0.1) is 4.92 Å². The largest absolute Gasteiger partial charge is 0.484 e. The lowest BCUT2D eigenvalue weighted by atomic mass is 10.0. The number of nitrogens with zero attached hydrogens (tertiary/aromatic N) is 1. The van der Waals surface area contributed by atoms with Gasteiger partial charge < -0.3 is 14.5 Å². The molecule has 3 rings (SSSR count). The van der Waals surface area contributed by atoms with Crippen molar-refractivity contribution in [3.05, 3.63) is 69.1 Å². The molecule has 1 N–H and O–H groups in total. The number of nitrogens with one attached hydrogen (secondary N) is 1. The third kappa shape index (κ3) is 5.13. The molecule has 2 aromatic carbocycles. The molecule has 0 bridgehead atoms. The SMILES string of the molecule is O=C(COc1ccc2c(-c3ccc([N+](=O)[O-])cc3)cc(=O)oc2c1)NCC(F)(F)F. The number of benzene rings is 2. The van der Waals surface area contributed by atoms with Crippen LogP contribution in [0.4, 0.5) is 18.9 Å². The van der Waals surface area contributed by atoms with Crippen molar-refractivity contribution >= 4 is 22.6 Å². The van der Waals surface area contributed by atoms with E-state index >= 15 is 0 Å². The van der Waals surface area contributed by atoms with Gasteiger partial charge in [0.15, 0.2) is 6.61 Å². The van der Waals surface area contributed by atoms with E-state index in [4.69, 9.17) is 9.15 Å². The van der Waals surface area contributed by atoms with E-state index in [0.717, 1.165) is 0 Å². The lowest BCUT2D eigenvalue weighted by Gasteiger charge is -2.10. The molecule has 0 spiro atoms. The monoisotopic (exact) mass is 422 g/mol. The fourth-order valence-electron chi connectivity index (χ4n) is 2.63. The number of nitro groups is 1. The van der Waals surface area contributed by atoms with Crippen molar-refractivity contribution < 1.29 is 32.0 Å². The van der Waals surface area contributed by atoms with Crippen LogP contribution in [-0.2, 0) is 4.79 Å². The summed E-state index contributed by atoms with van der Waals surface area (Å²) < 4.78 is 46.6. The van der Waals surface area contributed by atoms with Crippen molar-refractivity contribution in [3.63, 3.8) is 0 Å². The van der Waals surface area contributed by atoms with Crippen molar-refractivity contribution in [3.8, 4) is 16.9 Å². The fourth-order valence-corrected chi connectivity index (χ4v) is 2.63. The van der Waals surface area contributed by atoms with Gasteiger partial charge in [-0.25, -0.2) is 4.79 Å². The first-order chi connectivity index (χ1) is 14.1. The van der Waals surface area contributed by atoms with Gasteiger partial charge in [-0.15, -0.1) is 0 Å². The van der Waals surface area contributed by atoms with Crippen molar-refractivity contribution in [2.75, 3.05) is 13.2 Å². The molecule has 1 heterocycles. The Kier molecular flexibility index (Phi) is 5.72. The van der Waals surface area contributed by atoms with Crippen LogP contribution in [0.3, 0.4) is 0 Å². The molecule has 11 heteroatoms. The molecule has 0 aliphatic carbocycles. The van der Waals surface area contributed by atoms with Crippen molar-refractivity contribution in [2.24, 2.45) is 0 Å². The lowest BCUT2D eigenvalue weighted by molar-refractivity contribution is -0.384. The first-order valence-electron chi connectivity index (χ1n) is 8.41. The van der Waals surface area contributed by atoms with Crippen LogP contribution < -0.4 is 15.7 Å². The van der Waals surface area contributed by atoms with Gasteiger partial charge in [-0.2, -0.15) is 13.2 Å². The summed E-state index contributed by atoms with van der Waals surface area (Å²) in [4.78, 5) is 33.6. The van der Waals surface area contributed by atoms with Crippen molar-refractivity contribution in [1.82, 2.24) is 5.32 Å². The smallest absolute Gasteiger partial charge is 0.405 e. The summed E-state index contributed by atoms with van der Waals surface area (Å²) in [6.45, 7) is -2.13. The summed E-state index contributed by atoms with van der Waals surface area (Å²) in [5.41, 5.74) is 0.329. The third-order valence-electron chi connectivity index (χ3n) is 3.96. The second-order valence-corrected chi connectivity index (χ2v) is 6.12. The normalized spacial score (nSPS) is 11.3. The molecule has 0 unspecified atom stereocenters. The number of amides is 1. The minimum atomic E-state index is -4.53. The van der Waals surface area contributed by atoms with E-state index < -0.39 is 35.8 Å². The summed E-state index contributed by atoms with van der Waals surface area (Å²) in [6.07, 6.45) is -4.53. The van der Waals surface area contributed by atoms with Gasteiger partial charge in [0.25, 0.3) is 11.6 Å². The summed E-state index contributed by atoms with van der Waals surface area (Å²) in [5, 5.41) is 13.0. The second kappa shape index (κ2) is 8.23. The van der Waals surface area contributed by atoms with Gasteiger partial charge in [-0.1, -0.05) is 0 Å². The number of carbonyl (C=O) groups is 1. The molecule has 8 nitrogen and oxygen atoms in total. The number of non-ortho nitro benzene ring substituents is 1. The minimum absolute atomic E-state index is 0.105. The predicted octanol–water partition coefficient (Wildman–Crippen LogP) is 3.43. The Morgan fingerprint density at radius 3 is 2.47 bits per heavy atom. The lowest BCUT2D eigenvalue weighted by Crippen LogP contribution is -2.36. The number of ether oxygens (including phenoxy) is 1. The molecule has 156 valence electrons. The third-order valence-corrected chi connectivity index (χ3v) is 3.96. The van der Waals surface area contributed by atoms with Crippen LogP contribution in [0.25, 0.3) is 22.1 Å². The fraction of sp³-hybridized carbons (Fsp3) is 0.158. The molecule has 30 heavy (non-hydrogen) atoms. The summed E-state index contributed by atoms with van der Waals surface area (Å²) in [7, 11) is 0. The molecule has 0 aliphatic rings. The molecule has 1 aromatic heterocycles. The van der Waals surface area contributed by atoms with Gasteiger partial charge in [-0.3, -0.25) is 14.9 Å². The Bertz CT molecular complexity index is 1160. The van der Waals surface area contributed by atoms with Gasteiger partial charge in [0.1, 0.15) is 17.9 Å². The average molecular weight is 422 g/mol. The first kappa shape index (κ1) is 20.8. The van der Waals surface area contributed by atoms with Gasteiger partial charge >= 0.3 is 11.8 Å². The molecule has 0 atom stereocenters. The first-order valence-corrected chi connectivity index (χ1v) is 8.41. The Labute approximate surface area is 166 Å². The zero-order chi connectivity index (χ0) is 21.9. The van der Waals surface area contributed by atoms with E-state index in [-0.39, 0.29) is 17.0 Å². The number of halogens is 3. The summed E-state index contributed by atoms with van der Waals surface area (Å²) in [6, 6.07) is 11.1. The quantitative estimate of drug-likeness (QED) is 0.370. The van der Waals surface area contributed by atoms with E-state index in [2.05, 4.69) is 0 Å². The topological polar surface area (TPSA) is 112 Å². The number of carbonyl (C=O) groups excluding carboxylic acids is 1. The maximum absolute atomic E-state index is 12.1. The van der Waals surface area contributed by atoms with E-state index in [1.54, 1.807) is 5.32 Å². The highest BCUT2D eigenvalue weighted by atomic mass is 19.4. The number of hydrogen-bond donors (Lipinski definition) is 1. The molecular weight excluding hydrogens is 409 g/mol. The van der Waals surface area contributed by atoms with E-state index in [9.17, 15) is 32.9 Å². The molecule has 0 fully saturated rings. The highest BCUT2D eigenvalue weighted by molar-refractivity contribution is 5.94. The average Bonchev–Trinajstić information content (AvgIpc) is 2.69. The molecular formula is C19H13F3N2O6. The molecule has 0 aliphatic heterocycles. The number of hydrogen-bond acceptors (Lipinski definition) is 6. The predicted molar refractivity (Wildman–Crippen MR) is 99.1 cm³/mol. The Morgan fingerprint density at radius 1 is 1.13 bits per heavy atom. The van der Waals surface area contributed by atoms with Crippen molar-refractivity contribution in [2.45, 2.75) is 6.18 Å². The van der Waals surface area contributed by atoms with Crippen LogP contribution in [0.5, 0.6) is 5.75 Å². The minimum Gasteiger partial charge on any atom is -0.484 e. The number of fused-ring (bicyclic) bond motifs is 1. The summed E-state index contributed by atoms with van der Waals surface area (Å²) >= 11 is 0. The Hall–Kier alpha value is -3.89. The zero-order valence-corrected chi connectivity index (χ0v) is 15.1. The van der Waals surface area contributed by atoms with Crippen LogP contribution in [0.2, 0.25) is 0 Å². The highest BCUT2D eigenvalue weighted by Crippen LogP contribution is 2.30. The number of rotatable bonds is 6. The molecule has 0 saturated heterocycles. The number of nitro benzene ring substituents is 1. The van der Waals surface area contributed by atoms with Gasteiger partial charge in [0.2, 0.25) is 0 Å². The van der Waals surface area contributed by atoms with Gasteiger partial charge in [0, 0.05) is 29.7 Å². The Morgan fingerprint density at radius 2 is 1.83 bits per heavy atom. The van der Waals surface area contributed by atoms with Crippen molar-refractivity contribution in [1.29, 1.82) is 0 Å². The molecule has 0 radical (unpaired) electrons. The molecule has 0 saturated carbocycles. The standard InChI is InChI=1S/C19H13F3N2O6/c20-19(21,22)10-23-17(25)9-29-13-5-6-14-15(8-18(26)30-16(14)7-13)11-1-3-12(4-2-11)24(27)28/h1-8H,9-10H2,(H,23,25).